The first-order valence-corrected chi connectivity index (χ1v) is 9.97. The summed E-state index contributed by atoms with van der Waals surface area (Å²) in [7, 11) is 0. The van der Waals surface area contributed by atoms with E-state index in [1.807, 2.05) is 0 Å². The molecule has 1 aromatic heterocycles. The van der Waals surface area contributed by atoms with Crippen LogP contribution < -0.4 is 17.1 Å². The Labute approximate surface area is 172 Å². The van der Waals surface area contributed by atoms with E-state index in [2.05, 4.69) is 4.90 Å². The lowest BCUT2D eigenvalue weighted by atomic mass is 9.89. The third kappa shape index (κ3) is 3.78. The number of carbonyl (C=O) groups is 1. The van der Waals surface area contributed by atoms with Gasteiger partial charge in [0.05, 0.1) is 10.9 Å². The lowest BCUT2D eigenvalue weighted by molar-refractivity contribution is 0.0837. The highest BCUT2D eigenvalue weighted by Gasteiger charge is 2.26. The van der Waals surface area contributed by atoms with E-state index in [-0.39, 0.29) is 29.6 Å². The average Bonchev–Trinajstić information content (AvgIpc) is 2.78. The molecule has 4 rings (SSSR count). The number of nitrogens with zero attached hydrogens (tertiary/aromatic N) is 3. The number of carbonyl (C=O) groups excluding carboxylic acids is 1. The molecule has 3 aromatic rings. The molecule has 0 saturated carbocycles. The van der Waals surface area contributed by atoms with Gasteiger partial charge in [0.25, 0.3) is 5.56 Å². The number of nitrogens with two attached hydrogens (primary N) is 1. The zero-order valence-electron chi connectivity index (χ0n) is 16.5. The van der Waals surface area contributed by atoms with E-state index in [0.29, 0.717) is 48.9 Å². The molecule has 156 valence electrons. The largest absolute Gasteiger partial charge is 0.349 e. The fraction of sp³-hybridized carbons (Fsp3) is 0.318. The van der Waals surface area contributed by atoms with Crippen molar-refractivity contribution in [2.45, 2.75) is 19.4 Å². The topological polar surface area (TPSA) is 90.3 Å². The summed E-state index contributed by atoms with van der Waals surface area (Å²) in [6.45, 7) is 2.13. The number of para-hydroxylation sites is 1. The normalized spacial score (nSPS) is 15.5. The van der Waals surface area contributed by atoms with Gasteiger partial charge in [-0.2, -0.15) is 0 Å². The van der Waals surface area contributed by atoms with Crippen molar-refractivity contribution in [2.24, 2.45) is 5.92 Å². The van der Waals surface area contributed by atoms with Crippen LogP contribution in [0.5, 0.6) is 0 Å². The van der Waals surface area contributed by atoms with Gasteiger partial charge in [0, 0.05) is 24.6 Å². The predicted molar refractivity (Wildman–Crippen MR) is 113 cm³/mol. The minimum absolute atomic E-state index is 0.0337. The summed E-state index contributed by atoms with van der Waals surface area (Å²) < 4.78 is 15.2. The summed E-state index contributed by atoms with van der Waals surface area (Å²) in [5.41, 5.74) is 0.0451. The predicted octanol–water partition coefficient (Wildman–Crippen LogP) is 1.61. The summed E-state index contributed by atoms with van der Waals surface area (Å²) in [5.74, 6) is 5.46. The molecule has 0 unspecified atom stereocenters. The number of ketones is 1. The number of rotatable bonds is 5. The maximum Gasteiger partial charge on any atom is 0.349 e. The highest BCUT2D eigenvalue weighted by atomic mass is 19.1. The average molecular weight is 410 g/mol. The lowest BCUT2D eigenvalue weighted by Crippen LogP contribution is -2.46. The van der Waals surface area contributed by atoms with Crippen LogP contribution >= 0.6 is 0 Å². The van der Waals surface area contributed by atoms with E-state index in [4.69, 9.17) is 5.84 Å². The minimum atomic E-state index is -0.542. The second kappa shape index (κ2) is 8.23. The van der Waals surface area contributed by atoms with E-state index in [9.17, 15) is 18.8 Å². The van der Waals surface area contributed by atoms with E-state index in [1.165, 1.54) is 24.3 Å². The van der Waals surface area contributed by atoms with Crippen molar-refractivity contribution >= 4 is 16.7 Å². The molecule has 0 aliphatic carbocycles. The van der Waals surface area contributed by atoms with Crippen molar-refractivity contribution in [1.29, 1.82) is 0 Å². The summed E-state index contributed by atoms with van der Waals surface area (Å²) >= 11 is 0. The van der Waals surface area contributed by atoms with Crippen molar-refractivity contribution in [1.82, 2.24) is 14.1 Å². The van der Waals surface area contributed by atoms with Gasteiger partial charge in [0.2, 0.25) is 0 Å². The molecule has 1 aliphatic rings. The van der Waals surface area contributed by atoms with Crippen LogP contribution in [0.2, 0.25) is 0 Å². The summed E-state index contributed by atoms with van der Waals surface area (Å²) in [6.07, 6.45) is 1.37. The van der Waals surface area contributed by atoms with Gasteiger partial charge >= 0.3 is 5.69 Å². The zero-order chi connectivity index (χ0) is 21.3. The van der Waals surface area contributed by atoms with Crippen LogP contribution in [-0.2, 0) is 6.54 Å². The van der Waals surface area contributed by atoms with Crippen molar-refractivity contribution in [3.05, 3.63) is 80.7 Å². The van der Waals surface area contributed by atoms with Crippen LogP contribution in [0.1, 0.15) is 23.2 Å². The quantitative estimate of drug-likeness (QED) is 0.510. The van der Waals surface area contributed by atoms with Crippen LogP contribution in [0.25, 0.3) is 10.9 Å². The molecule has 0 atom stereocenters. The Kier molecular flexibility index (Phi) is 5.50. The van der Waals surface area contributed by atoms with Crippen LogP contribution in [0.15, 0.2) is 58.1 Å². The molecule has 0 bridgehead atoms. The molecule has 1 aliphatic heterocycles. The van der Waals surface area contributed by atoms with Crippen molar-refractivity contribution in [3.8, 4) is 0 Å². The molecule has 1 fully saturated rings. The summed E-state index contributed by atoms with van der Waals surface area (Å²) in [6, 6.07) is 12.4. The third-order valence-electron chi connectivity index (χ3n) is 5.80. The van der Waals surface area contributed by atoms with Gasteiger partial charge in [-0.3, -0.25) is 14.2 Å². The summed E-state index contributed by atoms with van der Waals surface area (Å²) in [5, 5.41) is 0.406. The second-order valence-corrected chi connectivity index (χ2v) is 7.61. The number of benzene rings is 2. The Morgan fingerprint density at radius 1 is 1.00 bits per heavy atom. The number of halogens is 1. The molecule has 2 aromatic carbocycles. The molecule has 1 saturated heterocycles. The number of piperidine rings is 1. The number of fused-ring (bicyclic) bond motifs is 1. The molecular formula is C22H23FN4O3. The fourth-order valence-electron chi connectivity index (χ4n) is 4.04. The zero-order valence-corrected chi connectivity index (χ0v) is 16.5. The second-order valence-electron chi connectivity index (χ2n) is 7.61. The number of hydrogen-bond acceptors (Lipinski definition) is 5. The third-order valence-corrected chi connectivity index (χ3v) is 5.80. The Hall–Kier alpha value is -3.26. The maximum absolute atomic E-state index is 13.1. The van der Waals surface area contributed by atoms with Gasteiger partial charge in [0.15, 0.2) is 5.78 Å². The lowest BCUT2D eigenvalue weighted by Gasteiger charge is -2.31. The number of aromatic nitrogens is 2. The molecule has 0 amide bonds. The van der Waals surface area contributed by atoms with E-state index < -0.39 is 5.69 Å². The monoisotopic (exact) mass is 410 g/mol. The van der Waals surface area contributed by atoms with E-state index >= 15 is 0 Å². The highest BCUT2D eigenvalue weighted by molar-refractivity contribution is 5.97. The van der Waals surface area contributed by atoms with E-state index in [0.717, 1.165) is 9.24 Å². The van der Waals surface area contributed by atoms with Crippen LogP contribution in [-0.4, -0.2) is 39.6 Å². The van der Waals surface area contributed by atoms with Crippen LogP contribution in [0.3, 0.4) is 0 Å². The molecule has 8 heteroatoms. The molecule has 0 spiro atoms. The molecule has 2 N–H and O–H groups in total. The Bertz CT molecular complexity index is 1190. The van der Waals surface area contributed by atoms with Crippen LogP contribution in [0, 0.1) is 11.7 Å². The first-order valence-electron chi connectivity index (χ1n) is 9.97. The molecule has 2 heterocycles. The van der Waals surface area contributed by atoms with E-state index in [1.54, 1.807) is 24.3 Å². The highest BCUT2D eigenvalue weighted by Crippen LogP contribution is 2.22. The van der Waals surface area contributed by atoms with Gasteiger partial charge in [-0.15, -0.1) is 0 Å². The molecule has 0 radical (unpaired) electrons. The first kappa shape index (κ1) is 20.0. The first-order chi connectivity index (χ1) is 14.5. The van der Waals surface area contributed by atoms with Gasteiger partial charge in [-0.1, -0.05) is 12.1 Å². The molecule has 30 heavy (non-hydrogen) atoms. The molecule has 7 nitrogen and oxygen atoms in total. The summed E-state index contributed by atoms with van der Waals surface area (Å²) in [4.78, 5) is 39.9. The Balaban J connectivity index is 1.41. The Morgan fingerprint density at radius 2 is 1.67 bits per heavy atom. The number of nitrogen functional groups attached to an aromatic ring is 1. The van der Waals surface area contributed by atoms with Crippen molar-refractivity contribution in [3.63, 3.8) is 0 Å². The number of likely N-dealkylation sites (tertiary alicyclic amines) is 1. The van der Waals surface area contributed by atoms with Crippen LogP contribution in [0.4, 0.5) is 4.39 Å². The van der Waals surface area contributed by atoms with Gasteiger partial charge < -0.3 is 10.7 Å². The van der Waals surface area contributed by atoms with Gasteiger partial charge in [0.1, 0.15) is 5.82 Å². The standard InChI is InChI=1S/C22H23FN4O3/c23-17-7-5-15(6-8-17)20(28)16-9-11-25(12-10-16)13-14-26-21(29)18-3-1-2-4-19(18)27(24)22(26)30/h1-8,16H,9-14,24H2. The Morgan fingerprint density at radius 3 is 2.37 bits per heavy atom. The van der Waals surface area contributed by atoms with Crippen molar-refractivity contribution in [2.75, 3.05) is 25.5 Å². The maximum atomic E-state index is 13.1. The molecular weight excluding hydrogens is 387 g/mol. The minimum Gasteiger partial charge on any atom is -0.335 e. The van der Waals surface area contributed by atoms with Gasteiger partial charge in [-0.25, -0.2) is 13.9 Å². The van der Waals surface area contributed by atoms with Crippen molar-refractivity contribution < 1.29 is 9.18 Å². The fourth-order valence-corrected chi connectivity index (χ4v) is 4.04. The number of Topliss-reactive ketones (excluding diaryl/α,β-unsaturated/α-hetero) is 1. The van der Waals surface area contributed by atoms with Gasteiger partial charge in [-0.05, 0) is 62.3 Å². The SMILES string of the molecule is Nn1c(=O)n(CCN2CCC(C(=O)c3ccc(F)cc3)CC2)c(=O)c2ccccc21. The number of hydrogen-bond donors (Lipinski definition) is 1. The smallest absolute Gasteiger partial charge is 0.335 e.